The van der Waals surface area contributed by atoms with Crippen molar-refractivity contribution in [2.45, 2.75) is 12.6 Å². The molecule has 3 heterocycles. The molecule has 2 aliphatic heterocycles. The highest BCUT2D eigenvalue weighted by Gasteiger charge is 2.27. The monoisotopic (exact) mass is 487 g/mol. The Morgan fingerprint density at radius 2 is 1.72 bits per heavy atom. The van der Waals surface area contributed by atoms with Gasteiger partial charge in [0.2, 0.25) is 6.79 Å². The van der Waals surface area contributed by atoms with Crippen LogP contribution in [-0.2, 0) is 16.1 Å². The lowest BCUT2D eigenvalue weighted by molar-refractivity contribution is -0.136. The molecule has 0 bridgehead atoms. The number of hydrogen-bond donors (Lipinski definition) is 2. The van der Waals surface area contributed by atoms with Crippen LogP contribution >= 0.6 is 0 Å². The highest BCUT2D eigenvalue weighted by atomic mass is 16.7. The molecule has 3 aromatic rings. The first-order valence-corrected chi connectivity index (χ1v) is 12.0. The lowest BCUT2D eigenvalue weighted by atomic mass is 10.1. The van der Waals surface area contributed by atoms with Crippen molar-refractivity contribution >= 4 is 17.5 Å². The first-order valence-electron chi connectivity index (χ1n) is 12.0. The van der Waals surface area contributed by atoms with Gasteiger partial charge in [-0.2, -0.15) is 0 Å². The average molecular weight is 488 g/mol. The van der Waals surface area contributed by atoms with E-state index in [9.17, 15) is 9.59 Å². The van der Waals surface area contributed by atoms with E-state index in [4.69, 9.17) is 9.47 Å². The molecule has 186 valence electrons. The van der Waals surface area contributed by atoms with Crippen LogP contribution in [0.2, 0.25) is 0 Å². The minimum atomic E-state index is -0.730. The summed E-state index contributed by atoms with van der Waals surface area (Å²) in [4.78, 5) is 34.2. The molecule has 36 heavy (non-hydrogen) atoms. The van der Waals surface area contributed by atoms with Crippen molar-refractivity contribution in [3.63, 3.8) is 0 Å². The van der Waals surface area contributed by atoms with Gasteiger partial charge in [-0.1, -0.05) is 36.4 Å². The molecule has 9 heteroatoms. The van der Waals surface area contributed by atoms with E-state index in [1.165, 1.54) is 5.56 Å². The Morgan fingerprint density at radius 1 is 0.917 bits per heavy atom. The summed E-state index contributed by atoms with van der Waals surface area (Å²) >= 11 is 0. The molecule has 1 unspecified atom stereocenters. The van der Waals surface area contributed by atoms with Crippen LogP contribution in [0.3, 0.4) is 0 Å². The number of aromatic nitrogens is 1. The van der Waals surface area contributed by atoms with E-state index in [1.807, 2.05) is 24.4 Å². The zero-order chi connectivity index (χ0) is 24.7. The van der Waals surface area contributed by atoms with E-state index >= 15 is 0 Å². The molecule has 2 amide bonds. The van der Waals surface area contributed by atoms with Gasteiger partial charge in [0.15, 0.2) is 11.5 Å². The maximum Gasteiger partial charge on any atom is 0.313 e. The van der Waals surface area contributed by atoms with Crippen LogP contribution in [0, 0.1) is 0 Å². The van der Waals surface area contributed by atoms with Gasteiger partial charge in [-0.3, -0.25) is 24.4 Å². The molecule has 0 spiro atoms. The fourth-order valence-electron chi connectivity index (χ4n) is 4.54. The van der Waals surface area contributed by atoms with Crippen molar-refractivity contribution in [2.75, 3.05) is 44.8 Å². The summed E-state index contributed by atoms with van der Waals surface area (Å²) in [6, 6.07) is 19.3. The zero-order valence-electron chi connectivity index (χ0n) is 19.9. The number of piperazine rings is 1. The van der Waals surface area contributed by atoms with Crippen molar-refractivity contribution in [3.05, 3.63) is 84.2 Å². The summed E-state index contributed by atoms with van der Waals surface area (Å²) in [7, 11) is 0. The first-order chi connectivity index (χ1) is 17.7. The molecular weight excluding hydrogens is 458 g/mol. The fourth-order valence-corrected chi connectivity index (χ4v) is 4.54. The number of anilines is 1. The highest BCUT2D eigenvalue weighted by Crippen LogP contribution is 2.34. The molecule has 1 aromatic heterocycles. The second kappa shape index (κ2) is 11.2. The van der Waals surface area contributed by atoms with Crippen molar-refractivity contribution < 1.29 is 19.1 Å². The van der Waals surface area contributed by atoms with Crippen LogP contribution in [-0.4, -0.2) is 66.1 Å². The number of hydrogen-bond acceptors (Lipinski definition) is 7. The largest absolute Gasteiger partial charge is 0.454 e. The second-order valence-corrected chi connectivity index (χ2v) is 8.83. The van der Waals surface area contributed by atoms with Gasteiger partial charge in [-0.25, -0.2) is 0 Å². The van der Waals surface area contributed by atoms with Crippen LogP contribution in [0.25, 0.3) is 0 Å². The molecule has 0 saturated carbocycles. The third kappa shape index (κ3) is 5.81. The topological polar surface area (TPSA) is 96.0 Å². The summed E-state index contributed by atoms with van der Waals surface area (Å²) in [5, 5.41) is 5.44. The molecule has 1 saturated heterocycles. The third-order valence-corrected chi connectivity index (χ3v) is 6.46. The molecule has 2 N–H and O–H groups in total. The summed E-state index contributed by atoms with van der Waals surface area (Å²) in [6.07, 6.45) is 3.55. The number of amides is 2. The number of nitrogens with zero attached hydrogens (tertiary/aromatic N) is 3. The standard InChI is InChI=1S/C27H29N5O4/c33-26(27(34)30-22-8-9-24-25(15-22)36-19-35-24)29-17-23(21-7-4-10-28-16-21)32-13-11-31(12-14-32)18-20-5-2-1-3-6-20/h1-10,15-16,23H,11-14,17-19H2,(H,29,33)(H,30,34). The predicted octanol–water partition coefficient (Wildman–Crippen LogP) is 2.42. The number of carbonyl (C=O) groups excluding carboxylic acids is 2. The van der Waals surface area contributed by atoms with Gasteiger partial charge in [0, 0.05) is 63.4 Å². The van der Waals surface area contributed by atoms with Crippen molar-refractivity contribution in [2.24, 2.45) is 0 Å². The Balaban J connectivity index is 1.18. The molecule has 5 rings (SSSR count). The number of benzene rings is 2. The molecule has 0 radical (unpaired) electrons. The van der Waals surface area contributed by atoms with Crippen molar-refractivity contribution in [3.8, 4) is 11.5 Å². The quantitative estimate of drug-likeness (QED) is 0.494. The Bertz CT molecular complexity index is 1180. The van der Waals surface area contributed by atoms with E-state index in [0.29, 0.717) is 23.7 Å². The summed E-state index contributed by atoms with van der Waals surface area (Å²) in [5.41, 5.74) is 2.78. The number of rotatable bonds is 7. The van der Waals surface area contributed by atoms with Crippen molar-refractivity contribution in [1.82, 2.24) is 20.1 Å². The van der Waals surface area contributed by atoms with E-state index in [0.717, 1.165) is 38.3 Å². The van der Waals surface area contributed by atoms with Crippen LogP contribution in [0.5, 0.6) is 11.5 Å². The summed E-state index contributed by atoms with van der Waals surface area (Å²) in [5.74, 6) is -0.271. The van der Waals surface area contributed by atoms with Crippen molar-refractivity contribution in [1.29, 1.82) is 0 Å². The van der Waals surface area contributed by atoms with Gasteiger partial charge in [0.25, 0.3) is 0 Å². The average Bonchev–Trinajstić information content (AvgIpc) is 3.39. The molecule has 2 aromatic carbocycles. The van der Waals surface area contributed by atoms with E-state index < -0.39 is 11.8 Å². The van der Waals surface area contributed by atoms with Gasteiger partial charge in [0.05, 0.1) is 6.04 Å². The Kier molecular flexibility index (Phi) is 7.39. The van der Waals surface area contributed by atoms with Crippen LogP contribution in [0.15, 0.2) is 73.1 Å². The maximum absolute atomic E-state index is 12.6. The summed E-state index contributed by atoms with van der Waals surface area (Å²) < 4.78 is 10.6. The lowest BCUT2D eigenvalue weighted by Gasteiger charge is -2.39. The number of ether oxygens (including phenoxy) is 2. The Morgan fingerprint density at radius 3 is 2.50 bits per heavy atom. The molecule has 2 aliphatic rings. The lowest BCUT2D eigenvalue weighted by Crippen LogP contribution is -2.50. The number of nitrogens with one attached hydrogen (secondary N) is 2. The number of fused-ring (bicyclic) bond motifs is 1. The number of carbonyl (C=O) groups is 2. The van der Waals surface area contributed by atoms with Crippen LogP contribution < -0.4 is 20.1 Å². The van der Waals surface area contributed by atoms with Gasteiger partial charge in [-0.15, -0.1) is 0 Å². The fraction of sp³-hybridized carbons (Fsp3) is 0.296. The third-order valence-electron chi connectivity index (χ3n) is 6.46. The summed E-state index contributed by atoms with van der Waals surface area (Å²) in [6.45, 7) is 4.91. The van der Waals surface area contributed by atoms with E-state index in [-0.39, 0.29) is 12.8 Å². The SMILES string of the molecule is O=C(NCC(c1cccnc1)N1CCN(Cc2ccccc2)CC1)C(=O)Nc1ccc2c(c1)OCO2. The molecule has 1 atom stereocenters. The van der Waals surface area contributed by atoms with Gasteiger partial charge < -0.3 is 20.1 Å². The Labute approximate surface area is 210 Å². The smallest absolute Gasteiger partial charge is 0.313 e. The predicted molar refractivity (Wildman–Crippen MR) is 134 cm³/mol. The van der Waals surface area contributed by atoms with Crippen LogP contribution in [0.4, 0.5) is 5.69 Å². The van der Waals surface area contributed by atoms with Gasteiger partial charge >= 0.3 is 11.8 Å². The Hall–Kier alpha value is -3.95. The number of pyridine rings is 1. The molecule has 9 nitrogen and oxygen atoms in total. The maximum atomic E-state index is 12.6. The van der Waals surface area contributed by atoms with E-state index in [2.05, 4.69) is 49.7 Å². The minimum absolute atomic E-state index is 0.0835. The van der Waals surface area contributed by atoms with Crippen LogP contribution in [0.1, 0.15) is 17.2 Å². The normalized spacial score (nSPS) is 16.3. The molecule has 1 fully saturated rings. The molecule has 0 aliphatic carbocycles. The zero-order valence-corrected chi connectivity index (χ0v) is 19.9. The second-order valence-electron chi connectivity index (χ2n) is 8.83. The van der Waals surface area contributed by atoms with E-state index in [1.54, 1.807) is 24.4 Å². The minimum Gasteiger partial charge on any atom is -0.454 e. The van der Waals surface area contributed by atoms with Gasteiger partial charge in [-0.05, 0) is 29.3 Å². The molecular formula is C27H29N5O4. The van der Waals surface area contributed by atoms with Gasteiger partial charge in [0.1, 0.15) is 0 Å². The highest BCUT2D eigenvalue weighted by molar-refractivity contribution is 6.39. The first kappa shape index (κ1) is 23.8.